The van der Waals surface area contributed by atoms with Crippen LogP contribution in [0, 0.1) is 6.92 Å². The van der Waals surface area contributed by atoms with Crippen molar-refractivity contribution < 1.29 is 17.9 Å². The molecule has 5 rings (SSSR count). The number of para-hydroxylation sites is 1. The lowest BCUT2D eigenvalue weighted by Gasteiger charge is -2.10. The van der Waals surface area contributed by atoms with Gasteiger partial charge in [0.2, 0.25) is 0 Å². The van der Waals surface area contributed by atoms with Crippen LogP contribution in [0.5, 0.6) is 5.75 Å². The number of rotatable bonds is 2. The van der Waals surface area contributed by atoms with E-state index in [4.69, 9.17) is 4.42 Å². The number of aromatic hydroxyl groups is 1. The number of fused-ring (bicyclic) bond motifs is 5. The van der Waals surface area contributed by atoms with Crippen molar-refractivity contribution in [2.45, 2.75) is 11.8 Å². The van der Waals surface area contributed by atoms with Gasteiger partial charge in [0.05, 0.1) is 33.0 Å². The molecule has 27 heavy (non-hydrogen) atoms. The lowest BCUT2D eigenvalue weighted by atomic mass is 10.1. The minimum Gasteiger partial charge on any atom is -0.507 e. The summed E-state index contributed by atoms with van der Waals surface area (Å²) in [5.74, 6) is -0.0191. The molecule has 0 spiro atoms. The second-order valence-corrected chi connectivity index (χ2v) is 8.34. The Morgan fingerprint density at radius 1 is 0.926 bits per heavy atom. The average Bonchev–Trinajstić information content (AvgIpc) is 3.24. The van der Waals surface area contributed by atoms with Crippen LogP contribution in [-0.2, 0) is 10.0 Å². The number of furan rings is 1. The molecule has 0 saturated carbocycles. The SMILES string of the molecule is Cc1ccc(S(=O)(=O)n2c3ccccc3c3c4occc4c(O)cc32)cc1. The summed E-state index contributed by atoms with van der Waals surface area (Å²) in [5.41, 5.74) is 2.37. The second kappa shape index (κ2) is 5.37. The molecule has 0 atom stereocenters. The van der Waals surface area contributed by atoms with Gasteiger partial charge in [-0.1, -0.05) is 35.9 Å². The average molecular weight is 377 g/mol. The zero-order valence-electron chi connectivity index (χ0n) is 14.4. The molecule has 2 heterocycles. The second-order valence-electron chi connectivity index (χ2n) is 6.55. The Hall–Kier alpha value is -3.25. The predicted molar refractivity (Wildman–Crippen MR) is 105 cm³/mol. The van der Waals surface area contributed by atoms with E-state index in [2.05, 4.69) is 0 Å². The fourth-order valence-corrected chi connectivity index (χ4v) is 5.10. The van der Waals surface area contributed by atoms with E-state index in [-0.39, 0.29) is 10.6 Å². The van der Waals surface area contributed by atoms with Crippen molar-refractivity contribution in [3.8, 4) is 5.75 Å². The maximum atomic E-state index is 13.5. The van der Waals surface area contributed by atoms with Crippen molar-refractivity contribution in [2.75, 3.05) is 0 Å². The van der Waals surface area contributed by atoms with Gasteiger partial charge in [0.1, 0.15) is 11.3 Å². The van der Waals surface area contributed by atoms with Crippen LogP contribution < -0.4 is 0 Å². The van der Waals surface area contributed by atoms with Crippen LogP contribution in [0.4, 0.5) is 0 Å². The van der Waals surface area contributed by atoms with E-state index >= 15 is 0 Å². The van der Waals surface area contributed by atoms with Gasteiger partial charge >= 0.3 is 0 Å². The summed E-state index contributed by atoms with van der Waals surface area (Å²) in [6, 6.07) is 17.1. The number of aryl methyl sites for hydroxylation is 1. The van der Waals surface area contributed by atoms with E-state index in [0.717, 1.165) is 10.9 Å². The Labute approximate surface area is 155 Å². The van der Waals surface area contributed by atoms with Crippen LogP contribution in [0.15, 0.2) is 76.2 Å². The molecular formula is C21H15NO4S. The first-order valence-corrected chi connectivity index (χ1v) is 9.87. The molecule has 6 heteroatoms. The van der Waals surface area contributed by atoms with Gasteiger partial charge in [0.15, 0.2) is 0 Å². The van der Waals surface area contributed by atoms with E-state index in [9.17, 15) is 13.5 Å². The van der Waals surface area contributed by atoms with E-state index in [1.807, 2.05) is 19.1 Å². The molecule has 2 aromatic heterocycles. The highest BCUT2D eigenvalue weighted by atomic mass is 32.2. The van der Waals surface area contributed by atoms with Crippen molar-refractivity contribution in [1.29, 1.82) is 0 Å². The van der Waals surface area contributed by atoms with Gasteiger partial charge in [0.25, 0.3) is 10.0 Å². The standard InChI is InChI=1S/C21H15NO4S/c1-13-6-8-14(9-7-13)27(24,25)22-17-5-3-2-4-15(17)20-18(22)12-19(23)16-10-11-26-21(16)20/h2-12,23H,1H3. The highest BCUT2D eigenvalue weighted by molar-refractivity contribution is 7.90. The van der Waals surface area contributed by atoms with Crippen molar-refractivity contribution in [3.63, 3.8) is 0 Å². The fourth-order valence-electron chi connectivity index (χ4n) is 3.59. The van der Waals surface area contributed by atoms with Gasteiger partial charge in [-0.2, -0.15) is 0 Å². The van der Waals surface area contributed by atoms with Gasteiger partial charge in [-0.3, -0.25) is 0 Å². The molecule has 0 aliphatic heterocycles. The Balaban J connectivity index is 2.00. The van der Waals surface area contributed by atoms with Gasteiger partial charge in [0, 0.05) is 11.5 Å². The summed E-state index contributed by atoms with van der Waals surface area (Å²) in [6.45, 7) is 1.91. The first kappa shape index (κ1) is 16.0. The number of benzene rings is 3. The number of hydrogen-bond acceptors (Lipinski definition) is 4. The molecular weight excluding hydrogens is 362 g/mol. The zero-order valence-corrected chi connectivity index (χ0v) is 15.2. The molecule has 0 radical (unpaired) electrons. The minimum atomic E-state index is -3.87. The van der Waals surface area contributed by atoms with Crippen LogP contribution in [0.25, 0.3) is 32.8 Å². The number of aromatic nitrogens is 1. The number of hydrogen-bond donors (Lipinski definition) is 1. The third kappa shape index (κ3) is 2.13. The van der Waals surface area contributed by atoms with Crippen LogP contribution in [0.2, 0.25) is 0 Å². The zero-order chi connectivity index (χ0) is 18.8. The van der Waals surface area contributed by atoms with Crippen LogP contribution >= 0.6 is 0 Å². The summed E-state index contributed by atoms with van der Waals surface area (Å²) in [5, 5.41) is 12.4. The number of nitrogens with zero attached hydrogens (tertiary/aromatic N) is 1. The van der Waals surface area contributed by atoms with E-state index in [0.29, 0.717) is 27.4 Å². The molecule has 0 unspecified atom stereocenters. The van der Waals surface area contributed by atoms with E-state index in [1.165, 1.54) is 16.3 Å². The third-order valence-corrected chi connectivity index (χ3v) is 6.61. The molecule has 134 valence electrons. The third-order valence-electron chi connectivity index (χ3n) is 4.87. The molecule has 5 nitrogen and oxygen atoms in total. The van der Waals surface area contributed by atoms with Crippen molar-refractivity contribution >= 4 is 42.8 Å². The van der Waals surface area contributed by atoms with Crippen molar-refractivity contribution in [1.82, 2.24) is 3.97 Å². The number of phenols is 1. The van der Waals surface area contributed by atoms with Crippen molar-refractivity contribution in [2.24, 2.45) is 0 Å². The van der Waals surface area contributed by atoms with Crippen LogP contribution in [0.3, 0.4) is 0 Å². The quantitative estimate of drug-likeness (QED) is 0.480. The topological polar surface area (TPSA) is 72.4 Å². The first-order valence-electron chi connectivity index (χ1n) is 8.43. The van der Waals surface area contributed by atoms with E-state index < -0.39 is 10.0 Å². The lowest BCUT2D eigenvalue weighted by molar-refractivity contribution is 0.482. The summed E-state index contributed by atoms with van der Waals surface area (Å²) < 4.78 is 33.8. The first-order chi connectivity index (χ1) is 13.0. The Morgan fingerprint density at radius 3 is 2.44 bits per heavy atom. The highest BCUT2D eigenvalue weighted by Gasteiger charge is 2.25. The summed E-state index contributed by atoms with van der Waals surface area (Å²) in [4.78, 5) is 0.190. The van der Waals surface area contributed by atoms with E-state index in [1.54, 1.807) is 42.5 Å². The lowest BCUT2D eigenvalue weighted by Crippen LogP contribution is -2.12. The molecule has 0 aliphatic rings. The Kier molecular flexibility index (Phi) is 3.18. The molecule has 5 aromatic rings. The minimum absolute atomic E-state index is 0.0191. The molecule has 0 fully saturated rings. The maximum Gasteiger partial charge on any atom is 0.268 e. The predicted octanol–water partition coefficient (Wildman–Crippen LogP) is 4.79. The fraction of sp³-hybridized carbons (Fsp3) is 0.0476. The molecule has 0 amide bonds. The normalized spacial score (nSPS) is 12.3. The monoisotopic (exact) mass is 377 g/mol. The summed E-state index contributed by atoms with van der Waals surface area (Å²) in [6.07, 6.45) is 1.49. The molecule has 0 aliphatic carbocycles. The molecule has 1 N–H and O–H groups in total. The van der Waals surface area contributed by atoms with Gasteiger partial charge in [-0.15, -0.1) is 0 Å². The molecule has 3 aromatic carbocycles. The Bertz CT molecular complexity index is 1440. The number of phenolic OH excluding ortho intramolecular Hbond substituents is 1. The van der Waals surface area contributed by atoms with Gasteiger partial charge < -0.3 is 9.52 Å². The summed E-state index contributed by atoms with van der Waals surface area (Å²) in [7, 11) is -3.87. The van der Waals surface area contributed by atoms with Gasteiger partial charge in [-0.25, -0.2) is 12.4 Å². The molecule has 0 saturated heterocycles. The summed E-state index contributed by atoms with van der Waals surface area (Å²) >= 11 is 0. The largest absolute Gasteiger partial charge is 0.507 e. The van der Waals surface area contributed by atoms with Crippen LogP contribution in [-0.4, -0.2) is 17.5 Å². The highest BCUT2D eigenvalue weighted by Crippen LogP contribution is 2.40. The smallest absolute Gasteiger partial charge is 0.268 e. The Morgan fingerprint density at radius 2 is 1.67 bits per heavy atom. The molecule has 0 bridgehead atoms. The van der Waals surface area contributed by atoms with Crippen molar-refractivity contribution in [3.05, 3.63) is 72.5 Å². The van der Waals surface area contributed by atoms with Gasteiger partial charge in [-0.05, 0) is 31.2 Å². The maximum absolute atomic E-state index is 13.5. The van der Waals surface area contributed by atoms with Crippen LogP contribution in [0.1, 0.15) is 5.56 Å².